The minimum absolute atomic E-state index is 0. The molecule has 0 unspecified atom stereocenters. The summed E-state index contributed by atoms with van der Waals surface area (Å²) >= 11 is 5.05. The van der Waals surface area contributed by atoms with Crippen LogP contribution in [0.25, 0.3) is 0 Å². The second kappa shape index (κ2) is 9.40. The van der Waals surface area contributed by atoms with Crippen LogP contribution in [0.15, 0.2) is 58.0 Å². The summed E-state index contributed by atoms with van der Waals surface area (Å²) in [6, 6.07) is 14.2. The van der Waals surface area contributed by atoms with E-state index in [2.05, 4.69) is 20.9 Å². The van der Waals surface area contributed by atoms with E-state index in [4.69, 9.17) is 0 Å². The van der Waals surface area contributed by atoms with E-state index in [-0.39, 0.29) is 35.1 Å². The molecule has 0 bridgehead atoms. The summed E-state index contributed by atoms with van der Waals surface area (Å²) in [7, 11) is 0. The molecule has 7 heteroatoms. The normalized spacial score (nSPS) is 13.6. The van der Waals surface area contributed by atoms with Crippen molar-refractivity contribution >= 4 is 61.3 Å². The van der Waals surface area contributed by atoms with E-state index in [1.165, 1.54) is 0 Å². The van der Waals surface area contributed by atoms with Crippen molar-refractivity contribution in [2.45, 2.75) is 6.42 Å². The van der Waals surface area contributed by atoms with Crippen molar-refractivity contribution in [1.82, 2.24) is 0 Å². The number of hydrogen-bond acceptors (Lipinski definition) is 5. The van der Waals surface area contributed by atoms with Crippen LogP contribution in [-0.2, 0) is 0 Å². The number of benzene rings is 2. The standard InChI is InChI=1S/C18H17BrN2O2S.BrH/c19-14-4-2-13(3-5-14)17(23)12-21(18-20-10-1-11-24-18)15-6-8-16(22)9-7-15;/h2-9,22H,1,10-12H2;1H. The van der Waals surface area contributed by atoms with E-state index < -0.39 is 0 Å². The van der Waals surface area contributed by atoms with Gasteiger partial charge in [0.15, 0.2) is 11.0 Å². The average molecular weight is 486 g/mol. The zero-order chi connectivity index (χ0) is 16.9. The Hall–Kier alpha value is -1.31. The highest BCUT2D eigenvalue weighted by atomic mass is 79.9. The van der Waals surface area contributed by atoms with Gasteiger partial charge in [-0.15, -0.1) is 17.0 Å². The number of phenols is 1. The monoisotopic (exact) mass is 484 g/mol. The highest BCUT2D eigenvalue weighted by Gasteiger charge is 2.20. The van der Waals surface area contributed by atoms with Gasteiger partial charge in [0.2, 0.25) is 0 Å². The smallest absolute Gasteiger partial charge is 0.182 e. The van der Waals surface area contributed by atoms with Crippen molar-refractivity contribution in [2.75, 3.05) is 23.7 Å². The van der Waals surface area contributed by atoms with E-state index in [0.29, 0.717) is 5.56 Å². The van der Waals surface area contributed by atoms with E-state index in [1.54, 1.807) is 23.9 Å². The largest absolute Gasteiger partial charge is 0.508 e. The molecule has 0 aromatic heterocycles. The lowest BCUT2D eigenvalue weighted by Gasteiger charge is -2.27. The van der Waals surface area contributed by atoms with Gasteiger partial charge in [-0.3, -0.25) is 9.79 Å². The number of anilines is 1. The van der Waals surface area contributed by atoms with Gasteiger partial charge in [-0.2, -0.15) is 0 Å². The predicted octanol–water partition coefficient (Wildman–Crippen LogP) is 4.91. The first-order valence-electron chi connectivity index (χ1n) is 7.66. The number of amidine groups is 1. The molecule has 4 nitrogen and oxygen atoms in total. The molecule has 2 aromatic rings. The number of carbonyl (C=O) groups is 1. The van der Waals surface area contributed by atoms with Crippen LogP contribution in [0.5, 0.6) is 5.75 Å². The molecule has 2 aromatic carbocycles. The number of ketones is 1. The molecule has 0 saturated heterocycles. The number of hydrogen-bond donors (Lipinski definition) is 1. The van der Waals surface area contributed by atoms with Crippen molar-refractivity contribution in [2.24, 2.45) is 4.99 Å². The third-order valence-corrected chi connectivity index (χ3v) is 5.27. The molecule has 132 valence electrons. The first-order chi connectivity index (χ1) is 11.6. The number of halogens is 2. The Morgan fingerprint density at radius 1 is 1.16 bits per heavy atom. The van der Waals surface area contributed by atoms with Gasteiger partial charge < -0.3 is 10.0 Å². The van der Waals surface area contributed by atoms with Crippen LogP contribution in [0.1, 0.15) is 16.8 Å². The second-order valence-electron chi connectivity index (χ2n) is 5.40. The summed E-state index contributed by atoms with van der Waals surface area (Å²) in [5.41, 5.74) is 1.52. The molecule has 1 aliphatic rings. The minimum Gasteiger partial charge on any atom is -0.508 e. The van der Waals surface area contributed by atoms with Crippen molar-refractivity contribution < 1.29 is 9.90 Å². The molecule has 0 spiro atoms. The molecule has 3 rings (SSSR count). The maximum atomic E-state index is 12.7. The molecule has 25 heavy (non-hydrogen) atoms. The second-order valence-corrected chi connectivity index (χ2v) is 7.38. The summed E-state index contributed by atoms with van der Waals surface area (Å²) in [6.07, 6.45) is 1.05. The first-order valence-corrected chi connectivity index (χ1v) is 9.44. The molecule has 1 N–H and O–H groups in total. The van der Waals surface area contributed by atoms with Crippen LogP contribution in [0.3, 0.4) is 0 Å². The van der Waals surface area contributed by atoms with Gasteiger partial charge >= 0.3 is 0 Å². The van der Waals surface area contributed by atoms with Crippen molar-refractivity contribution in [3.63, 3.8) is 0 Å². The number of carbonyl (C=O) groups excluding carboxylic acids is 1. The summed E-state index contributed by atoms with van der Waals surface area (Å²) < 4.78 is 0.946. The fourth-order valence-corrected chi connectivity index (χ4v) is 3.61. The number of rotatable bonds is 4. The van der Waals surface area contributed by atoms with Crippen LogP contribution in [0.4, 0.5) is 5.69 Å². The molecule has 0 amide bonds. The van der Waals surface area contributed by atoms with E-state index >= 15 is 0 Å². The van der Waals surface area contributed by atoms with Crippen molar-refractivity contribution in [3.05, 3.63) is 58.6 Å². The number of Topliss-reactive ketones (excluding diaryl/α,β-unsaturated/α-hetero) is 1. The van der Waals surface area contributed by atoms with Crippen LogP contribution < -0.4 is 4.90 Å². The number of thioether (sulfide) groups is 1. The topological polar surface area (TPSA) is 52.9 Å². The van der Waals surface area contributed by atoms with Gasteiger partial charge in [-0.05, 0) is 42.8 Å². The lowest BCUT2D eigenvalue weighted by molar-refractivity contribution is 0.100. The predicted molar refractivity (Wildman–Crippen MR) is 114 cm³/mol. The summed E-state index contributed by atoms with van der Waals surface area (Å²) in [6.45, 7) is 1.00. The maximum Gasteiger partial charge on any atom is 0.182 e. The fourth-order valence-electron chi connectivity index (χ4n) is 2.38. The van der Waals surface area contributed by atoms with E-state index in [9.17, 15) is 9.90 Å². The van der Waals surface area contributed by atoms with Crippen LogP contribution >= 0.6 is 44.7 Å². The van der Waals surface area contributed by atoms with E-state index in [1.807, 2.05) is 41.3 Å². The van der Waals surface area contributed by atoms with Gasteiger partial charge in [0.1, 0.15) is 5.75 Å². The third kappa shape index (κ3) is 5.33. The van der Waals surface area contributed by atoms with E-state index in [0.717, 1.165) is 34.0 Å². The summed E-state index contributed by atoms with van der Waals surface area (Å²) in [4.78, 5) is 19.2. The Morgan fingerprint density at radius 2 is 1.84 bits per heavy atom. The number of aliphatic imine (C=N–C) groups is 1. The number of nitrogens with zero attached hydrogens (tertiary/aromatic N) is 2. The van der Waals surface area contributed by atoms with Crippen LogP contribution in [-0.4, -0.2) is 34.9 Å². The molecule has 1 heterocycles. The average Bonchev–Trinajstić information content (AvgIpc) is 2.62. The SMILES string of the molecule is Br.O=C(CN(C1=NCCCS1)c1ccc(O)cc1)c1ccc(Br)cc1. The summed E-state index contributed by atoms with van der Waals surface area (Å²) in [5, 5.41) is 10.4. The molecule has 0 radical (unpaired) electrons. The molecule has 0 atom stereocenters. The van der Waals surface area contributed by atoms with Gasteiger partial charge in [0, 0.05) is 28.0 Å². The Labute approximate surface area is 170 Å². The number of aromatic hydroxyl groups is 1. The van der Waals surface area contributed by atoms with Gasteiger partial charge in [-0.1, -0.05) is 39.8 Å². The number of phenolic OH excluding ortho intramolecular Hbond substituents is 1. The van der Waals surface area contributed by atoms with Crippen LogP contribution in [0.2, 0.25) is 0 Å². The van der Waals surface area contributed by atoms with Crippen molar-refractivity contribution in [1.29, 1.82) is 0 Å². The molecule has 1 aliphatic heterocycles. The third-order valence-electron chi connectivity index (χ3n) is 3.64. The minimum atomic E-state index is 0. The maximum absolute atomic E-state index is 12.7. The lowest BCUT2D eigenvalue weighted by Crippen LogP contribution is -2.35. The highest BCUT2D eigenvalue weighted by molar-refractivity contribution is 9.10. The molecule has 0 aliphatic carbocycles. The summed E-state index contributed by atoms with van der Waals surface area (Å²) in [5.74, 6) is 1.24. The Bertz CT molecular complexity index is 749. The zero-order valence-electron chi connectivity index (χ0n) is 13.4. The Balaban J connectivity index is 0.00000225. The van der Waals surface area contributed by atoms with Crippen LogP contribution in [0, 0.1) is 0 Å². The molecular weight excluding hydrogens is 468 g/mol. The quantitative estimate of drug-likeness (QED) is 0.624. The Morgan fingerprint density at radius 3 is 2.44 bits per heavy atom. The molecular formula is C18H18Br2N2O2S. The zero-order valence-corrected chi connectivity index (χ0v) is 17.5. The highest BCUT2D eigenvalue weighted by Crippen LogP contribution is 2.25. The first kappa shape index (κ1) is 20.0. The van der Waals surface area contributed by atoms with Crippen molar-refractivity contribution in [3.8, 4) is 5.75 Å². The Kier molecular flexibility index (Phi) is 7.53. The fraction of sp³-hybridized carbons (Fsp3) is 0.222. The molecule has 0 saturated carbocycles. The van der Waals surface area contributed by atoms with Gasteiger partial charge in [-0.25, -0.2) is 0 Å². The lowest BCUT2D eigenvalue weighted by atomic mass is 10.1. The van der Waals surface area contributed by atoms with Gasteiger partial charge in [0.05, 0.1) is 6.54 Å². The van der Waals surface area contributed by atoms with Gasteiger partial charge in [0.25, 0.3) is 0 Å². The molecule has 0 fully saturated rings.